The van der Waals surface area contributed by atoms with Crippen LogP contribution in [0.3, 0.4) is 0 Å². The lowest BCUT2D eigenvalue weighted by Crippen LogP contribution is -2.49. The molecule has 49 heavy (non-hydrogen) atoms. The summed E-state index contributed by atoms with van der Waals surface area (Å²) in [6.07, 6.45) is -0.626. The van der Waals surface area contributed by atoms with Gasteiger partial charge in [0.05, 0.1) is 35.4 Å². The molecule has 3 atom stereocenters. The Bertz CT molecular complexity index is 1710. The number of aliphatic hydroxyl groups excluding tert-OH is 1. The van der Waals surface area contributed by atoms with Crippen molar-refractivity contribution in [1.29, 1.82) is 0 Å². The van der Waals surface area contributed by atoms with Gasteiger partial charge in [-0.3, -0.25) is 34.2 Å². The van der Waals surface area contributed by atoms with Gasteiger partial charge in [0.15, 0.2) is 11.2 Å². The molecule has 0 radical (unpaired) electrons. The van der Waals surface area contributed by atoms with Crippen LogP contribution in [0.25, 0.3) is 11.2 Å². The van der Waals surface area contributed by atoms with Gasteiger partial charge in [-0.1, -0.05) is 0 Å². The van der Waals surface area contributed by atoms with Crippen LogP contribution in [0, 0.1) is 10.8 Å². The molecule has 0 aliphatic carbocycles. The number of carbonyl (C=O) groups is 5. The first-order valence-electron chi connectivity index (χ1n) is 15.7. The van der Waals surface area contributed by atoms with Crippen LogP contribution >= 0.6 is 0 Å². The Morgan fingerprint density at radius 1 is 0.959 bits per heavy atom. The highest BCUT2D eigenvalue weighted by Gasteiger charge is 2.41. The predicted octanol–water partition coefficient (Wildman–Crippen LogP) is 0.819. The Hall–Kier alpha value is -5.32. The molecule has 3 amide bonds. The zero-order valence-corrected chi connectivity index (χ0v) is 28.3. The van der Waals surface area contributed by atoms with Gasteiger partial charge in [-0.2, -0.15) is 0 Å². The summed E-state index contributed by atoms with van der Waals surface area (Å²) in [6, 6.07) is 4.93. The van der Waals surface area contributed by atoms with Crippen molar-refractivity contribution in [3.05, 3.63) is 52.1 Å². The number of carboxylic acids is 1. The number of aromatic amines is 2. The first-order chi connectivity index (χ1) is 22.9. The highest BCUT2D eigenvalue weighted by atomic mass is 16.5. The topological polar surface area (TPSA) is 258 Å². The maximum atomic E-state index is 12.8. The number of nitrogens with zero attached hydrogens (tertiary/aromatic N) is 2. The molecule has 0 saturated carbocycles. The third-order valence-corrected chi connectivity index (χ3v) is 8.40. The second-order valence-corrected chi connectivity index (χ2v) is 12.7. The van der Waals surface area contributed by atoms with E-state index < -0.39 is 58.7 Å². The summed E-state index contributed by atoms with van der Waals surface area (Å²) in [5.74, 6) is -3.48. The Kier molecular flexibility index (Phi) is 12.6. The van der Waals surface area contributed by atoms with Crippen LogP contribution in [-0.2, 0) is 30.5 Å². The van der Waals surface area contributed by atoms with E-state index in [4.69, 9.17) is 4.74 Å². The van der Waals surface area contributed by atoms with Gasteiger partial charge in [0.1, 0.15) is 12.1 Å². The van der Waals surface area contributed by atoms with Crippen molar-refractivity contribution in [3.8, 4) is 0 Å². The number of ether oxygens (including phenoxy) is 1. The fourth-order valence-corrected chi connectivity index (χ4v) is 4.15. The fraction of sp³-hybridized carbons (Fsp3) is 0.500. The van der Waals surface area contributed by atoms with Crippen LogP contribution < -0.4 is 26.8 Å². The monoisotopic (exact) mass is 684 g/mol. The van der Waals surface area contributed by atoms with Gasteiger partial charge in [0.2, 0.25) is 11.8 Å². The number of benzene rings is 1. The van der Waals surface area contributed by atoms with E-state index in [0.717, 1.165) is 0 Å². The maximum absolute atomic E-state index is 12.8. The summed E-state index contributed by atoms with van der Waals surface area (Å²) in [6.45, 7) is 9.73. The largest absolute Gasteiger partial charge is 0.480 e. The Labute approximate surface area is 282 Å². The van der Waals surface area contributed by atoms with Crippen molar-refractivity contribution in [1.82, 2.24) is 36.1 Å². The normalized spacial score (nSPS) is 13.5. The van der Waals surface area contributed by atoms with Gasteiger partial charge in [-0.15, -0.1) is 0 Å². The van der Waals surface area contributed by atoms with E-state index in [1.807, 2.05) is 0 Å². The minimum absolute atomic E-state index is 0.0555. The van der Waals surface area contributed by atoms with Gasteiger partial charge in [0.25, 0.3) is 11.5 Å². The molecular weight excluding hydrogens is 640 g/mol. The van der Waals surface area contributed by atoms with Gasteiger partial charge in [0, 0.05) is 30.8 Å². The van der Waals surface area contributed by atoms with E-state index >= 15 is 0 Å². The number of carboxylic acid groups (broad SMARTS) is 1. The lowest BCUT2D eigenvalue weighted by molar-refractivity contribution is -0.172. The van der Waals surface area contributed by atoms with Crippen molar-refractivity contribution in [2.24, 2.45) is 10.8 Å². The summed E-state index contributed by atoms with van der Waals surface area (Å²) in [7, 11) is 0. The average Bonchev–Trinajstić information content (AvgIpc) is 3.43. The van der Waals surface area contributed by atoms with Crippen LogP contribution in [0.5, 0.6) is 0 Å². The molecule has 2 heterocycles. The minimum atomic E-state index is -1.33. The molecule has 3 unspecified atom stereocenters. The number of aliphatic carboxylic acids is 1. The highest BCUT2D eigenvalue weighted by molar-refractivity contribution is 5.97. The number of aromatic nitrogens is 4. The highest BCUT2D eigenvalue weighted by Crippen LogP contribution is 2.28. The summed E-state index contributed by atoms with van der Waals surface area (Å²) in [5, 5.41) is 35.3. The minimum Gasteiger partial charge on any atom is -0.480 e. The van der Waals surface area contributed by atoms with Crippen molar-refractivity contribution in [2.75, 3.05) is 18.4 Å². The number of fused-ring (bicyclic) bond motifs is 1. The standard InChI is InChI=1S/C32H44N8O9/c1-17(41)31(3,4)30(48)49-18(2)32(5,6)29(47)34-14-13-33-23(42)12-11-22(28(45)46)38-26(43)19-7-9-20(10-8-19)35-15-21-16-36-25-24(37-21)27(44)40-39-25/h7-10,16-18,22,35,41H,11-15H2,1-6H3,(H,33,42)(H,34,47)(H,38,43)(H,45,46)(H2,36,39,40,44). The number of carbonyl (C=O) groups excluding carboxylic acids is 4. The first kappa shape index (κ1) is 38.1. The fourth-order valence-electron chi connectivity index (χ4n) is 4.15. The van der Waals surface area contributed by atoms with Crippen molar-refractivity contribution < 1.29 is 38.9 Å². The molecule has 17 nitrogen and oxygen atoms in total. The maximum Gasteiger partial charge on any atom is 0.326 e. The van der Waals surface area contributed by atoms with Crippen LogP contribution in [0.15, 0.2) is 35.3 Å². The molecule has 0 spiro atoms. The first-order valence-corrected chi connectivity index (χ1v) is 15.7. The molecule has 0 fully saturated rings. The van der Waals surface area contributed by atoms with E-state index in [0.29, 0.717) is 17.0 Å². The Morgan fingerprint density at radius 2 is 1.61 bits per heavy atom. The number of esters is 1. The SMILES string of the molecule is CC(O)C(C)(C)C(=O)OC(C)C(C)(C)C(=O)NCCNC(=O)CCC(NC(=O)c1ccc(NCc2cnc3[nH][nH]c(=O)c3n2)cc1)C(=O)O. The molecule has 17 heteroatoms. The van der Waals surface area contributed by atoms with E-state index in [2.05, 4.69) is 41.4 Å². The number of nitrogens with one attached hydrogen (secondary N) is 6. The number of H-pyrrole nitrogens is 2. The zero-order chi connectivity index (χ0) is 36.5. The molecule has 2 aromatic heterocycles. The van der Waals surface area contributed by atoms with E-state index in [1.54, 1.807) is 46.8 Å². The lowest BCUT2D eigenvalue weighted by atomic mass is 9.84. The number of aliphatic hydroxyl groups is 1. The van der Waals surface area contributed by atoms with E-state index in [-0.39, 0.29) is 49.1 Å². The Balaban J connectivity index is 1.40. The third-order valence-electron chi connectivity index (χ3n) is 8.40. The number of rotatable bonds is 17. The smallest absolute Gasteiger partial charge is 0.326 e. The van der Waals surface area contributed by atoms with E-state index in [9.17, 15) is 39.0 Å². The third kappa shape index (κ3) is 10.1. The van der Waals surface area contributed by atoms with Crippen molar-refractivity contribution in [2.45, 2.75) is 79.2 Å². The zero-order valence-electron chi connectivity index (χ0n) is 28.3. The van der Waals surface area contributed by atoms with Gasteiger partial charge >= 0.3 is 11.9 Å². The van der Waals surface area contributed by atoms with Crippen LogP contribution in [0.1, 0.15) is 70.4 Å². The number of anilines is 1. The molecule has 3 aromatic rings. The van der Waals surface area contributed by atoms with Crippen molar-refractivity contribution in [3.63, 3.8) is 0 Å². The summed E-state index contributed by atoms with van der Waals surface area (Å²) >= 11 is 0. The predicted molar refractivity (Wildman–Crippen MR) is 177 cm³/mol. The second-order valence-electron chi connectivity index (χ2n) is 12.7. The molecule has 3 rings (SSSR count). The van der Waals surface area contributed by atoms with Gasteiger partial charge < -0.3 is 36.2 Å². The second kappa shape index (κ2) is 16.2. The summed E-state index contributed by atoms with van der Waals surface area (Å²) < 4.78 is 5.45. The quantitative estimate of drug-likeness (QED) is 0.0726. The molecule has 0 saturated heterocycles. The number of hydrogen-bond donors (Lipinski definition) is 8. The van der Waals surface area contributed by atoms with E-state index in [1.165, 1.54) is 25.3 Å². The molecule has 266 valence electrons. The number of hydrogen-bond acceptors (Lipinski definition) is 11. The van der Waals surface area contributed by atoms with Gasteiger partial charge in [-0.05, 0) is 72.2 Å². The summed E-state index contributed by atoms with van der Waals surface area (Å²) in [5.41, 5.74) is -0.753. The van der Waals surface area contributed by atoms with Crippen LogP contribution in [-0.4, -0.2) is 91.4 Å². The molecule has 0 aliphatic rings. The lowest BCUT2D eigenvalue weighted by Gasteiger charge is -2.33. The molecule has 0 bridgehead atoms. The van der Waals surface area contributed by atoms with Crippen LogP contribution in [0.2, 0.25) is 0 Å². The van der Waals surface area contributed by atoms with Gasteiger partial charge in [-0.25, -0.2) is 14.8 Å². The molecule has 0 aliphatic heterocycles. The Morgan fingerprint density at radius 3 is 2.24 bits per heavy atom. The van der Waals surface area contributed by atoms with Crippen molar-refractivity contribution >= 4 is 46.5 Å². The molecular formula is C32H44N8O9. The molecule has 1 aromatic carbocycles. The molecule has 8 N–H and O–H groups in total. The van der Waals surface area contributed by atoms with Crippen LogP contribution in [0.4, 0.5) is 5.69 Å². The summed E-state index contributed by atoms with van der Waals surface area (Å²) in [4.78, 5) is 82.3. The average molecular weight is 685 g/mol. The number of amides is 3.